The van der Waals surface area contributed by atoms with Gasteiger partial charge in [-0.15, -0.1) is 0 Å². The Morgan fingerprint density at radius 2 is 1.41 bits per heavy atom. The van der Waals surface area contributed by atoms with Gasteiger partial charge in [-0.3, -0.25) is 9.59 Å². The Morgan fingerprint density at radius 1 is 0.889 bits per heavy atom. The molecule has 2 aromatic rings. The van der Waals surface area contributed by atoms with E-state index in [1.54, 1.807) is 48.5 Å². The van der Waals surface area contributed by atoms with Crippen molar-refractivity contribution in [2.75, 3.05) is 6.79 Å². The first-order valence-corrected chi connectivity index (χ1v) is 8.47. The highest BCUT2D eigenvalue weighted by atomic mass is 35.5. The number of hydrogen-bond acceptors (Lipinski definition) is 6. The SMILES string of the molecule is CC(=O)OCOC(=O)C(C)(C)Oc1ccc(C(=O)c2ccc(Cl)cc2)cc1. The van der Waals surface area contributed by atoms with E-state index in [-0.39, 0.29) is 5.78 Å². The van der Waals surface area contributed by atoms with Gasteiger partial charge < -0.3 is 14.2 Å². The molecule has 0 aliphatic carbocycles. The lowest BCUT2D eigenvalue weighted by Crippen LogP contribution is -2.40. The molecule has 2 aromatic carbocycles. The number of carbonyl (C=O) groups is 3. The summed E-state index contributed by atoms with van der Waals surface area (Å²) in [5.74, 6) is -1.01. The summed E-state index contributed by atoms with van der Waals surface area (Å²) in [6.45, 7) is 3.78. The lowest BCUT2D eigenvalue weighted by atomic mass is 10.0. The number of ketones is 1. The first-order chi connectivity index (χ1) is 12.7. The normalized spacial score (nSPS) is 10.8. The molecule has 2 rings (SSSR count). The molecule has 142 valence electrons. The van der Waals surface area contributed by atoms with E-state index in [9.17, 15) is 14.4 Å². The van der Waals surface area contributed by atoms with Crippen molar-refractivity contribution < 1.29 is 28.6 Å². The third-order valence-corrected chi connectivity index (χ3v) is 3.79. The second-order valence-corrected chi connectivity index (χ2v) is 6.59. The Kier molecular flexibility index (Phi) is 6.58. The Labute approximate surface area is 162 Å². The van der Waals surface area contributed by atoms with Gasteiger partial charge in [0.2, 0.25) is 6.79 Å². The van der Waals surface area contributed by atoms with Crippen LogP contribution in [-0.2, 0) is 19.1 Å². The molecule has 0 bridgehead atoms. The van der Waals surface area contributed by atoms with Crippen molar-refractivity contribution in [3.05, 3.63) is 64.7 Å². The molecule has 0 aromatic heterocycles. The van der Waals surface area contributed by atoms with E-state index >= 15 is 0 Å². The molecule has 0 unspecified atom stereocenters. The van der Waals surface area contributed by atoms with E-state index < -0.39 is 24.3 Å². The summed E-state index contributed by atoms with van der Waals surface area (Å²) in [6, 6.07) is 13.0. The minimum absolute atomic E-state index is 0.154. The highest BCUT2D eigenvalue weighted by Gasteiger charge is 2.32. The maximum absolute atomic E-state index is 12.4. The van der Waals surface area contributed by atoms with Crippen LogP contribution in [0.15, 0.2) is 48.5 Å². The van der Waals surface area contributed by atoms with Crippen LogP contribution >= 0.6 is 11.6 Å². The summed E-state index contributed by atoms with van der Waals surface area (Å²) >= 11 is 5.83. The maximum Gasteiger partial charge on any atom is 0.352 e. The fourth-order valence-corrected chi connectivity index (χ4v) is 2.24. The van der Waals surface area contributed by atoms with Gasteiger partial charge in [0.1, 0.15) is 5.75 Å². The molecule has 0 saturated heterocycles. The highest BCUT2D eigenvalue weighted by molar-refractivity contribution is 6.30. The van der Waals surface area contributed by atoms with Gasteiger partial charge in [0, 0.05) is 23.1 Å². The third kappa shape index (κ3) is 5.82. The Hall–Kier alpha value is -2.86. The summed E-state index contributed by atoms with van der Waals surface area (Å²) in [5, 5.41) is 0.554. The van der Waals surface area contributed by atoms with Gasteiger partial charge in [-0.2, -0.15) is 0 Å². The molecule has 0 saturated carbocycles. The molecule has 0 aliphatic heterocycles. The van der Waals surface area contributed by atoms with Crippen molar-refractivity contribution in [2.24, 2.45) is 0 Å². The first-order valence-electron chi connectivity index (χ1n) is 8.09. The van der Waals surface area contributed by atoms with E-state index in [2.05, 4.69) is 4.74 Å². The van der Waals surface area contributed by atoms with Crippen LogP contribution in [0.1, 0.15) is 36.7 Å². The molecule has 0 fully saturated rings. The lowest BCUT2D eigenvalue weighted by Gasteiger charge is -2.24. The van der Waals surface area contributed by atoms with Crippen LogP contribution in [0.25, 0.3) is 0 Å². The number of hydrogen-bond donors (Lipinski definition) is 0. The predicted molar refractivity (Wildman–Crippen MR) is 98.8 cm³/mol. The van der Waals surface area contributed by atoms with Crippen molar-refractivity contribution in [1.82, 2.24) is 0 Å². The zero-order valence-electron chi connectivity index (χ0n) is 15.2. The number of halogens is 1. The van der Waals surface area contributed by atoms with E-state index in [1.165, 1.54) is 20.8 Å². The van der Waals surface area contributed by atoms with E-state index in [1.807, 2.05) is 0 Å². The molecule has 7 heteroatoms. The van der Waals surface area contributed by atoms with Gasteiger partial charge in [0.05, 0.1) is 0 Å². The van der Waals surface area contributed by atoms with Gasteiger partial charge in [-0.1, -0.05) is 11.6 Å². The highest BCUT2D eigenvalue weighted by Crippen LogP contribution is 2.22. The minimum Gasteiger partial charge on any atom is -0.476 e. The number of carbonyl (C=O) groups excluding carboxylic acids is 3. The Morgan fingerprint density at radius 3 is 1.93 bits per heavy atom. The zero-order valence-corrected chi connectivity index (χ0v) is 15.9. The second kappa shape index (κ2) is 8.68. The molecular formula is C20H19ClO6. The van der Waals surface area contributed by atoms with Gasteiger partial charge in [-0.05, 0) is 62.4 Å². The Bertz CT molecular complexity index is 825. The number of esters is 2. The Balaban J connectivity index is 2.01. The van der Waals surface area contributed by atoms with Crippen molar-refractivity contribution in [3.8, 4) is 5.75 Å². The average molecular weight is 391 g/mol. The van der Waals surface area contributed by atoms with E-state index in [0.29, 0.717) is 21.9 Å². The third-order valence-electron chi connectivity index (χ3n) is 3.54. The van der Waals surface area contributed by atoms with Crippen molar-refractivity contribution >= 4 is 29.3 Å². The average Bonchev–Trinajstić information content (AvgIpc) is 2.61. The van der Waals surface area contributed by atoms with Crippen LogP contribution in [0.2, 0.25) is 5.02 Å². The molecule has 6 nitrogen and oxygen atoms in total. The topological polar surface area (TPSA) is 78.9 Å². The molecule has 0 heterocycles. The molecule has 0 spiro atoms. The summed E-state index contributed by atoms with van der Waals surface area (Å²) < 4.78 is 15.0. The monoisotopic (exact) mass is 390 g/mol. The van der Waals surface area contributed by atoms with Crippen molar-refractivity contribution in [3.63, 3.8) is 0 Å². The summed E-state index contributed by atoms with van der Waals surface area (Å²) in [4.78, 5) is 35.2. The number of benzene rings is 2. The van der Waals surface area contributed by atoms with Gasteiger partial charge in [-0.25, -0.2) is 4.79 Å². The van der Waals surface area contributed by atoms with E-state index in [4.69, 9.17) is 21.1 Å². The molecule has 0 N–H and O–H groups in total. The quantitative estimate of drug-likeness (QED) is 0.406. The van der Waals surface area contributed by atoms with Crippen LogP contribution in [0.3, 0.4) is 0 Å². The van der Waals surface area contributed by atoms with E-state index in [0.717, 1.165) is 0 Å². The molecular weight excluding hydrogens is 372 g/mol. The van der Waals surface area contributed by atoms with Gasteiger partial charge >= 0.3 is 11.9 Å². The summed E-state index contributed by atoms with van der Waals surface area (Å²) in [6.07, 6.45) is 0. The fourth-order valence-electron chi connectivity index (χ4n) is 2.12. The second-order valence-electron chi connectivity index (χ2n) is 6.16. The van der Waals surface area contributed by atoms with Crippen molar-refractivity contribution in [2.45, 2.75) is 26.4 Å². The maximum atomic E-state index is 12.4. The number of rotatable bonds is 7. The standard InChI is InChI=1S/C20H19ClO6/c1-13(22)25-12-26-19(24)20(2,3)27-17-10-6-15(7-11-17)18(23)14-4-8-16(21)9-5-14/h4-11H,12H2,1-3H3. The van der Waals surface area contributed by atoms with Crippen molar-refractivity contribution in [1.29, 1.82) is 0 Å². The van der Waals surface area contributed by atoms with Gasteiger partial charge in [0.15, 0.2) is 11.4 Å². The fraction of sp³-hybridized carbons (Fsp3) is 0.250. The van der Waals surface area contributed by atoms with Gasteiger partial charge in [0.25, 0.3) is 0 Å². The number of ether oxygens (including phenoxy) is 3. The smallest absolute Gasteiger partial charge is 0.352 e. The van der Waals surface area contributed by atoms with Crippen LogP contribution in [0.5, 0.6) is 5.75 Å². The predicted octanol–water partition coefficient (Wildman–Crippen LogP) is 3.79. The largest absolute Gasteiger partial charge is 0.476 e. The molecule has 0 radical (unpaired) electrons. The molecule has 0 aliphatic rings. The molecule has 0 amide bonds. The van der Waals surface area contributed by atoms with Crippen LogP contribution < -0.4 is 4.74 Å². The molecule has 27 heavy (non-hydrogen) atoms. The molecule has 0 atom stereocenters. The lowest BCUT2D eigenvalue weighted by molar-refractivity contribution is -0.176. The first kappa shape index (κ1) is 20.5. The van der Waals surface area contributed by atoms with Crippen LogP contribution in [-0.4, -0.2) is 30.1 Å². The summed E-state index contributed by atoms with van der Waals surface area (Å²) in [7, 11) is 0. The van der Waals surface area contributed by atoms with Crippen LogP contribution in [0.4, 0.5) is 0 Å². The summed E-state index contributed by atoms with van der Waals surface area (Å²) in [5.41, 5.74) is -0.315. The zero-order chi connectivity index (χ0) is 20.0. The minimum atomic E-state index is -1.30. The van der Waals surface area contributed by atoms with Crippen LogP contribution in [0, 0.1) is 0 Å².